The molecule has 0 amide bonds. The van der Waals surface area contributed by atoms with Crippen LogP contribution in [0.3, 0.4) is 0 Å². The fraction of sp³-hybridized carbons (Fsp3) is 0.846. The van der Waals surface area contributed by atoms with Gasteiger partial charge in [0.05, 0.1) is 6.61 Å². The topological polar surface area (TPSA) is 61.8 Å². The lowest BCUT2D eigenvalue weighted by atomic mass is 10.1. The number of esters is 2. The highest BCUT2D eigenvalue weighted by Gasteiger charge is 2.17. The molecule has 258 valence electrons. The summed E-state index contributed by atoms with van der Waals surface area (Å²) in [7, 11) is 0. The summed E-state index contributed by atoms with van der Waals surface area (Å²) >= 11 is 0. The number of carbonyl (C=O) groups is 2. The van der Waals surface area contributed by atoms with Crippen molar-refractivity contribution in [3.63, 3.8) is 0 Å². The van der Waals surface area contributed by atoms with Gasteiger partial charge in [-0.25, -0.2) is 0 Å². The minimum Gasteiger partial charge on any atom is -0.462 e. The van der Waals surface area contributed by atoms with Crippen LogP contribution in [0, 0.1) is 0 Å². The number of hydrogen-bond donors (Lipinski definition) is 0. The van der Waals surface area contributed by atoms with Crippen molar-refractivity contribution in [2.45, 2.75) is 194 Å². The molecule has 0 aromatic heterocycles. The van der Waals surface area contributed by atoms with Crippen LogP contribution in [0.4, 0.5) is 0 Å². The lowest BCUT2D eigenvalue weighted by molar-refractivity contribution is -0.163. The van der Waals surface area contributed by atoms with Gasteiger partial charge in [-0.1, -0.05) is 154 Å². The van der Waals surface area contributed by atoms with Crippen LogP contribution >= 0.6 is 0 Å². The predicted octanol–water partition coefficient (Wildman–Crippen LogP) is 11.8. The molecule has 1 atom stereocenters. The number of carbonyl (C=O) groups excluding carboxylic acids is 2. The first-order valence-corrected chi connectivity index (χ1v) is 18.9. The van der Waals surface area contributed by atoms with Gasteiger partial charge in [0.15, 0.2) is 6.10 Å². The molecule has 1 unspecified atom stereocenters. The molecule has 0 radical (unpaired) electrons. The zero-order valence-corrected chi connectivity index (χ0v) is 29.4. The number of unbranched alkanes of at least 4 members (excludes halogenated alkanes) is 19. The zero-order valence-electron chi connectivity index (χ0n) is 29.4. The molecular formula is C39H72O5. The van der Waals surface area contributed by atoms with E-state index in [2.05, 4.69) is 45.1 Å². The molecule has 0 rings (SSSR count). The molecule has 5 heteroatoms. The summed E-state index contributed by atoms with van der Waals surface area (Å²) in [6.07, 6.45) is 37.4. The summed E-state index contributed by atoms with van der Waals surface area (Å²) in [4.78, 5) is 24.9. The van der Waals surface area contributed by atoms with Gasteiger partial charge < -0.3 is 14.2 Å². The molecule has 44 heavy (non-hydrogen) atoms. The van der Waals surface area contributed by atoms with Crippen LogP contribution in [0.1, 0.15) is 188 Å². The van der Waals surface area contributed by atoms with E-state index in [1.54, 1.807) is 0 Å². The third-order valence-electron chi connectivity index (χ3n) is 7.97. The molecular weight excluding hydrogens is 548 g/mol. The molecule has 0 saturated carbocycles. The van der Waals surface area contributed by atoms with E-state index in [1.165, 1.54) is 96.3 Å². The average Bonchev–Trinajstić information content (AvgIpc) is 3.02. The van der Waals surface area contributed by atoms with Gasteiger partial charge in [0.2, 0.25) is 0 Å². The van der Waals surface area contributed by atoms with Crippen molar-refractivity contribution in [1.82, 2.24) is 0 Å². The third-order valence-corrected chi connectivity index (χ3v) is 7.97. The standard InChI is InChI=1S/C39H72O5/c1-4-7-10-13-16-18-19-20-21-22-24-26-29-32-38(40)43-36-37(35-42-34-31-28-25-17-14-11-8-5-2)44-39(41)33-30-27-23-15-12-9-6-3/h10,13,18-19,37H,4-9,11-12,14-17,20-36H2,1-3H3/b13-10-,19-18-. The Morgan fingerprint density at radius 2 is 1.00 bits per heavy atom. The molecule has 0 saturated heterocycles. The quantitative estimate of drug-likeness (QED) is 0.0407. The molecule has 0 fully saturated rings. The second kappa shape index (κ2) is 35.9. The molecule has 0 spiro atoms. The predicted molar refractivity (Wildman–Crippen MR) is 187 cm³/mol. The van der Waals surface area contributed by atoms with Gasteiger partial charge in [0.25, 0.3) is 0 Å². The van der Waals surface area contributed by atoms with E-state index < -0.39 is 6.10 Å². The van der Waals surface area contributed by atoms with Crippen LogP contribution < -0.4 is 0 Å². The van der Waals surface area contributed by atoms with Crippen LogP contribution in [0.2, 0.25) is 0 Å². The average molecular weight is 621 g/mol. The van der Waals surface area contributed by atoms with E-state index in [1.807, 2.05) is 0 Å². The highest BCUT2D eigenvalue weighted by molar-refractivity contribution is 5.70. The van der Waals surface area contributed by atoms with Gasteiger partial charge in [0.1, 0.15) is 6.61 Å². The summed E-state index contributed by atoms with van der Waals surface area (Å²) in [5.41, 5.74) is 0. The number of allylic oxidation sites excluding steroid dienone is 4. The first kappa shape index (κ1) is 42.4. The van der Waals surface area contributed by atoms with Crippen LogP contribution in [0.5, 0.6) is 0 Å². The van der Waals surface area contributed by atoms with Crippen LogP contribution in [-0.2, 0) is 23.8 Å². The van der Waals surface area contributed by atoms with Gasteiger partial charge in [-0.05, 0) is 44.9 Å². The van der Waals surface area contributed by atoms with Gasteiger partial charge >= 0.3 is 11.9 Å². The maximum absolute atomic E-state index is 12.5. The van der Waals surface area contributed by atoms with Crippen molar-refractivity contribution in [2.24, 2.45) is 0 Å². The number of rotatable bonds is 34. The number of hydrogen-bond acceptors (Lipinski definition) is 5. The Morgan fingerprint density at radius 3 is 1.59 bits per heavy atom. The third kappa shape index (κ3) is 33.3. The van der Waals surface area contributed by atoms with Gasteiger partial charge in [-0.15, -0.1) is 0 Å². The van der Waals surface area contributed by atoms with E-state index in [0.29, 0.717) is 19.4 Å². The van der Waals surface area contributed by atoms with Crippen LogP contribution in [0.25, 0.3) is 0 Å². The molecule has 0 N–H and O–H groups in total. The zero-order chi connectivity index (χ0) is 32.2. The number of ether oxygens (including phenoxy) is 3. The lowest BCUT2D eigenvalue weighted by Crippen LogP contribution is -2.30. The van der Waals surface area contributed by atoms with Crippen LogP contribution in [0.15, 0.2) is 24.3 Å². The Morgan fingerprint density at radius 1 is 0.500 bits per heavy atom. The van der Waals surface area contributed by atoms with Crippen molar-refractivity contribution in [1.29, 1.82) is 0 Å². The van der Waals surface area contributed by atoms with E-state index in [-0.39, 0.29) is 25.2 Å². The minimum atomic E-state index is -0.528. The highest BCUT2D eigenvalue weighted by atomic mass is 16.6. The second-order valence-corrected chi connectivity index (χ2v) is 12.5. The first-order chi connectivity index (χ1) is 21.6. The summed E-state index contributed by atoms with van der Waals surface area (Å²) in [6, 6.07) is 0. The van der Waals surface area contributed by atoms with Crippen LogP contribution in [-0.4, -0.2) is 37.9 Å². The normalized spacial score (nSPS) is 12.3. The van der Waals surface area contributed by atoms with Crippen molar-refractivity contribution in [3.8, 4) is 0 Å². The van der Waals surface area contributed by atoms with Crippen molar-refractivity contribution < 1.29 is 23.8 Å². The molecule has 0 aromatic carbocycles. The first-order valence-electron chi connectivity index (χ1n) is 18.9. The van der Waals surface area contributed by atoms with E-state index in [4.69, 9.17) is 14.2 Å². The van der Waals surface area contributed by atoms with Gasteiger partial charge in [0, 0.05) is 19.4 Å². The second-order valence-electron chi connectivity index (χ2n) is 12.5. The SMILES string of the molecule is CCC/C=C\C/C=C\CCCCCCCC(=O)OCC(COCCCCCCCCCC)OC(=O)CCCCCCCCC. The Labute approximate surface area is 273 Å². The van der Waals surface area contributed by atoms with Crippen molar-refractivity contribution in [2.75, 3.05) is 19.8 Å². The van der Waals surface area contributed by atoms with Gasteiger partial charge in [-0.2, -0.15) is 0 Å². The maximum atomic E-state index is 12.5. The monoisotopic (exact) mass is 621 g/mol. The van der Waals surface area contributed by atoms with E-state index >= 15 is 0 Å². The van der Waals surface area contributed by atoms with Crippen molar-refractivity contribution in [3.05, 3.63) is 24.3 Å². The lowest BCUT2D eigenvalue weighted by Gasteiger charge is -2.18. The van der Waals surface area contributed by atoms with E-state index in [9.17, 15) is 9.59 Å². The maximum Gasteiger partial charge on any atom is 0.306 e. The Balaban J connectivity index is 4.18. The molecule has 0 heterocycles. The minimum absolute atomic E-state index is 0.0823. The smallest absolute Gasteiger partial charge is 0.306 e. The summed E-state index contributed by atoms with van der Waals surface area (Å²) in [5.74, 6) is -0.418. The van der Waals surface area contributed by atoms with E-state index in [0.717, 1.165) is 57.8 Å². The summed E-state index contributed by atoms with van der Waals surface area (Å²) in [6.45, 7) is 7.69. The highest BCUT2D eigenvalue weighted by Crippen LogP contribution is 2.12. The fourth-order valence-electron chi connectivity index (χ4n) is 5.13. The Bertz CT molecular complexity index is 671. The Kier molecular flexibility index (Phi) is 34.5. The van der Waals surface area contributed by atoms with Crippen molar-refractivity contribution >= 4 is 11.9 Å². The Hall–Kier alpha value is -1.62. The molecule has 0 bridgehead atoms. The summed E-state index contributed by atoms with van der Waals surface area (Å²) < 4.78 is 17.1. The molecule has 0 aliphatic rings. The summed E-state index contributed by atoms with van der Waals surface area (Å²) in [5, 5.41) is 0. The molecule has 0 aromatic rings. The largest absolute Gasteiger partial charge is 0.462 e. The molecule has 5 nitrogen and oxygen atoms in total. The molecule has 0 aliphatic heterocycles. The van der Waals surface area contributed by atoms with Gasteiger partial charge in [-0.3, -0.25) is 9.59 Å². The molecule has 0 aliphatic carbocycles. The fourth-order valence-corrected chi connectivity index (χ4v) is 5.13.